The van der Waals surface area contributed by atoms with Crippen molar-refractivity contribution in [3.63, 3.8) is 0 Å². The maximum absolute atomic E-state index is 5.69. The van der Waals surface area contributed by atoms with Gasteiger partial charge in [-0.2, -0.15) is 0 Å². The first-order valence-corrected chi connectivity index (χ1v) is 6.06. The van der Waals surface area contributed by atoms with Crippen molar-refractivity contribution in [1.29, 1.82) is 0 Å². The molecule has 0 atom stereocenters. The fourth-order valence-electron chi connectivity index (χ4n) is 1.42. The van der Waals surface area contributed by atoms with Crippen LogP contribution < -0.4 is 10.5 Å². The van der Waals surface area contributed by atoms with Gasteiger partial charge in [0.25, 0.3) is 0 Å². The van der Waals surface area contributed by atoms with E-state index < -0.39 is 0 Å². The molecule has 2 rings (SSSR count). The number of rotatable bonds is 5. The Morgan fingerprint density at radius 1 is 1.38 bits per heavy atom. The summed E-state index contributed by atoms with van der Waals surface area (Å²) in [6.45, 7) is 1.14. The van der Waals surface area contributed by atoms with E-state index in [2.05, 4.69) is 22.5 Å². The van der Waals surface area contributed by atoms with Gasteiger partial charge in [0.05, 0.1) is 6.61 Å². The minimum absolute atomic E-state index is 0.460. The standard InChI is InChI=1S/C12H14N2OS/c13-8-10-9-14-5-3-12(10)15-6-4-11-2-1-7-16-11/h1-3,5,7,9H,4,6,8,13H2. The van der Waals surface area contributed by atoms with E-state index in [-0.39, 0.29) is 0 Å². The molecular weight excluding hydrogens is 220 g/mol. The summed E-state index contributed by atoms with van der Waals surface area (Å²) in [6, 6.07) is 6.03. The number of aromatic nitrogens is 1. The summed E-state index contributed by atoms with van der Waals surface area (Å²) in [5, 5.41) is 2.08. The summed E-state index contributed by atoms with van der Waals surface area (Å²) in [6.07, 6.45) is 4.41. The number of hydrogen-bond acceptors (Lipinski definition) is 4. The van der Waals surface area contributed by atoms with E-state index >= 15 is 0 Å². The average molecular weight is 234 g/mol. The van der Waals surface area contributed by atoms with E-state index in [0.717, 1.165) is 17.7 Å². The van der Waals surface area contributed by atoms with Gasteiger partial charge in [0.15, 0.2) is 0 Å². The molecule has 4 heteroatoms. The van der Waals surface area contributed by atoms with Crippen molar-refractivity contribution in [2.75, 3.05) is 6.61 Å². The van der Waals surface area contributed by atoms with E-state index in [0.29, 0.717) is 13.2 Å². The molecule has 0 saturated heterocycles. The predicted molar refractivity (Wildman–Crippen MR) is 65.6 cm³/mol. The third-order valence-electron chi connectivity index (χ3n) is 2.26. The Morgan fingerprint density at radius 3 is 3.06 bits per heavy atom. The van der Waals surface area contributed by atoms with Crippen LogP contribution in [0.2, 0.25) is 0 Å². The van der Waals surface area contributed by atoms with Gasteiger partial charge in [-0.25, -0.2) is 0 Å². The molecule has 16 heavy (non-hydrogen) atoms. The van der Waals surface area contributed by atoms with E-state index in [4.69, 9.17) is 10.5 Å². The molecule has 0 aliphatic rings. The van der Waals surface area contributed by atoms with Gasteiger partial charge in [0.2, 0.25) is 0 Å². The average Bonchev–Trinajstić information content (AvgIpc) is 2.83. The van der Waals surface area contributed by atoms with E-state index in [1.165, 1.54) is 4.88 Å². The second-order valence-electron chi connectivity index (χ2n) is 3.37. The highest BCUT2D eigenvalue weighted by Gasteiger charge is 2.01. The SMILES string of the molecule is NCc1cnccc1OCCc1cccs1. The molecule has 2 aromatic heterocycles. The lowest BCUT2D eigenvalue weighted by Crippen LogP contribution is -2.05. The van der Waals surface area contributed by atoms with Crippen LogP contribution in [0.15, 0.2) is 36.0 Å². The molecule has 0 unspecified atom stereocenters. The van der Waals surface area contributed by atoms with Gasteiger partial charge in [0.1, 0.15) is 5.75 Å². The summed E-state index contributed by atoms with van der Waals surface area (Å²) in [4.78, 5) is 5.35. The predicted octanol–water partition coefficient (Wildman–Crippen LogP) is 2.22. The number of ether oxygens (including phenoxy) is 1. The van der Waals surface area contributed by atoms with Gasteiger partial charge in [-0.15, -0.1) is 11.3 Å². The second kappa shape index (κ2) is 5.63. The maximum atomic E-state index is 5.69. The molecule has 0 saturated carbocycles. The number of nitrogens with zero attached hydrogens (tertiary/aromatic N) is 1. The summed E-state index contributed by atoms with van der Waals surface area (Å²) in [7, 11) is 0. The normalized spacial score (nSPS) is 10.3. The fraction of sp³-hybridized carbons (Fsp3) is 0.250. The fourth-order valence-corrected chi connectivity index (χ4v) is 2.12. The van der Waals surface area contributed by atoms with E-state index in [1.54, 1.807) is 23.7 Å². The smallest absolute Gasteiger partial charge is 0.126 e. The Hall–Kier alpha value is -1.39. The van der Waals surface area contributed by atoms with Crippen molar-refractivity contribution in [2.24, 2.45) is 5.73 Å². The molecule has 0 bridgehead atoms. The lowest BCUT2D eigenvalue weighted by molar-refractivity contribution is 0.319. The Balaban J connectivity index is 1.89. The highest BCUT2D eigenvalue weighted by Crippen LogP contribution is 2.16. The first-order chi connectivity index (χ1) is 7.90. The molecule has 0 amide bonds. The molecule has 0 aliphatic carbocycles. The van der Waals surface area contributed by atoms with Gasteiger partial charge >= 0.3 is 0 Å². The van der Waals surface area contributed by atoms with Crippen LogP contribution in [0.3, 0.4) is 0 Å². The first kappa shape index (κ1) is 11.1. The highest BCUT2D eigenvalue weighted by molar-refractivity contribution is 7.09. The quantitative estimate of drug-likeness (QED) is 0.863. The van der Waals surface area contributed by atoms with Crippen molar-refractivity contribution in [1.82, 2.24) is 4.98 Å². The number of nitrogens with two attached hydrogens (primary N) is 1. The highest BCUT2D eigenvalue weighted by atomic mass is 32.1. The molecule has 2 heterocycles. The minimum atomic E-state index is 0.460. The van der Waals surface area contributed by atoms with Gasteiger partial charge < -0.3 is 10.5 Å². The van der Waals surface area contributed by atoms with Crippen LogP contribution in [-0.4, -0.2) is 11.6 Å². The van der Waals surface area contributed by atoms with Crippen molar-refractivity contribution in [3.05, 3.63) is 46.4 Å². The molecule has 3 nitrogen and oxygen atoms in total. The van der Waals surface area contributed by atoms with E-state index in [9.17, 15) is 0 Å². The maximum Gasteiger partial charge on any atom is 0.126 e. The Kier molecular flexibility index (Phi) is 3.91. The Labute approximate surface area is 98.9 Å². The minimum Gasteiger partial charge on any atom is -0.493 e. The topological polar surface area (TPSA) is 48.1 Å². The molecule has 0 radical (unpaired) electrons. The van der Waals surface area contributed by atoms with Crippen molar-refractivity contribution >= 4 is 11.3 Å². The van der Waals surface area contributed by atoms with Gasteiger partial charge in [-0.05, 0) is 17.5 Å². The molecule has 2 N–H and O–H groups in total. The first-order valence-electron chi connectivity index (χ1n) is 5.18. The largest absolute Gasteiger partial charge is 0.493 e. The van der Waals surface area contributed by atoms with Crippen molar-refractivity contribution < 1.29 is 4.74 Å². The van der Waals surface area contributed by atoms with Gasteiger partial charge in [-0.1, -0.05) is 6.07 Å². The molecule has 84 valence electrons. The Morgan fingerprint density at radius 2 is 2.31 bits per heavy atom. The zero-order valence-electron chi connectivity index (χ0n) is 8.93. The number of hydrogen-bond donors (Lipinski definition) is 1. The van der Waals surface area contributed by atoms with Crippen molar-refractivity contribution in [2.45, 2.75) is 13.0 Å². The zero-order valence-corrected chi connectivity index (χ0v) is 9.74. The van der Waals surface area contributed by atoms with Gasteiger partial charge in [-0.3, -0.25) is 4.98 Å². The second-order valence-corrected chi connectivity index (χ2v) is 4.40. The third kappa shape index (κ3) is 2.81. The molecule has 0 spiro atoms. The zero-order chi connectivity index (χ0) is 11.2. The van der Waals surface area contributed by atoms with Crippen LogP contribution in [0.1, 0.15) is 10.4 Å². The van der Waals surface area contributed by atoms with E-state index in [1.807, 2.05) is 6.07 Å². The van der Waals surface area contributed by atoms with Crippen LogP contribution in [0.5, 0.6) is 5.75 Å². The molecule has 0 fully saturated rings. The van der Waals surface area contributed by atoms with Crippen LogP contribution in [0.25, 0.3) is 0 Å². The molecular formula is C12H14N2OS. The number of pyridine rings is 1. The summed E-state index contributed by atoms with van der Waals surface area (Å²) in [5.41, 5.74) is 6.55. The lowest BCUT2D eigenvalue weighted by Gasteiger charge is -2.08. The summed E-state index contributed by atoms with van der Waals surface area (Å²) >= 11 is 1.75. The Bertz CT molecular complexity index is 428. The molecule has 2 aromatic rings. The van der Waals surface area contributed by atoms with Crippen LogP contribution >= 0.6 is 11.3 Å². The molecule has 0 aliphatic heterocycles. The van der Waals surface area contributed by atoms with Crippen LogP contribution in [0, 0.1) is 0 Å². The van der Waals surface area contributed by atoms with Crippen LogP contribution in [-0.2, 0) is 13.0 Å². The summed E-state index contributed by atoms with van der Waals surface area (Å²) in [5.74, 6) is 0.842. The number of thiophene rings is 1. The summed E-state index contributed by atoms with van der Waals surface area (Å²) < 4.78 is 5.69. The van der Waals surface area contributed by atoms with Gasteiger partial charge in [0, 0.05) is 35.8 Å². The monoisotopic (exact) mass is 234 g/mol. The van der Waals surface area contributed by atoms with Crippen LogP contribution in [0.4, 0.5) is 0 Å². The molecule has 0 aromatic carbocycles. The van der Waals surface area contributed by atoms with Crippen molar-refractivity contribution in [3.8, 4) is 5.75 Å². The third-order valence-corrected chi connectivity index (χ3v) is 3.20. The lowest BCUT2D eigenvalue weighted by atomic mass is 10.2.